The second kappa shape index (κ2) is 8.54. The van der Waals surface area contributed by atoms with E-state index in [0.29, 0.717) is 6.04 Å². The molecule has 0 heterocycles. The fourth-order valence-electron chi connectivity index (χ4n) is 2.22. The lowest BCUT2D eigenvalue weighted by Gasteiger charge is -2.32. The molecule has 3 heteroatoms. The van der Waals surface area contributed by atoms with E-state index in [1.807, 2.05) is 0 Å². The maximum atomic E-state index is 5.23. The van der Waals surface area contributed by atoms with E-state index in [9.17, 15) is 0 Å². The predicted molar refractivity (Wildman–Crippen MR) is 82.7 cm³/mol. The number of hydrogen-bond acceptors (Lipinski definition) is 2. The van der Waals surface area contributed by atoms with Crippen molar-refractivity contribution in [3.63, 3.8) is 0 Å². The molecular weight excluding hydrogens is 290 g/mol. The number of rotatable bonds is 8. The van der Waals surface area contributed by atoms with Crippen molar-refractivity contribution in [3.05, 3.63) is 29.8 Å². The van der Waals surface area contributed by atoms with Crippen molar-refractivity contribution < 1.29 is 4.74 Å². The molecule has 0 aliphatic rings. The van der Waals surface area contributed by atoms with Crippen LogP contribution in [-0.2, 0) is 10.1 Å². The van der Waals surface area contributed by atoms with Crippen molar-refractivity contribution >= 4 is 21.6 Å². The molecule has 0 bridgehead atoms. The maximum Gasteiger partial charge on any atom is 0.0637 e. The molecule has 0 amide bonds. The minimum Gasteiger partial charge on any atom is -0.383 e. The number of benzene rings is 1. The highest BCUT2D eigenvalue weighted by atomic mass is 79.9. The van der Waals surface area contributed by atoms with Gasteiger partial charge in [0.15, 0.2) is 0 Å². The average molecular weight is 314 g/mol. The Labute approximate surface area is 119 Å². The van der Waals surface area contributed by atoms with E-state index in [2.05, 4.69) is 58.9 Å². The summed E-state index contributed by atoms with van der Waals surface area (Å²) in [5.74, 6) is 0. The van der Waals surface area contributed by atoms with Gasteiger partial charge in [0, 0.05) is 30.7 Å². The molecule has 0 saturated carbocycles. The quantitative estimate of drug-likeness (QED) is 0.666. The van der Waals surface area contributed by atoms with Crippen molar-refractivity contribution in [1.82, 2.24) is 0 Å². The molecule has 0 unspecified atom stereocenters. The van der Waals surface area contributed by atoms with Crippen LogP contribution in [0.1, 0.15) is 32.3 Å². The number of nitrogens with zero attached hydrogens (tertiary/aromatic N) is 1. The Morgan fingerprint density at radius 3 is 2.22 bits per heavy atom. The lowest BCUT2D eigenvalue weighted by atomic mass is 10.1. The van der Waals surface area contributed by atoms with E-state index >= 15 is 0 Å². The van der Waals surface area contributed by atoms with Crippen LogP contribution in [-0.4, -0.2) is 26.3 Å². The molecule has 0 aliphatic heterocycles. The van der Waals surface area contributed by atoms with Crippen molar-refractivity contribution in [2.75, 3.05) is 25.2 Å². The van der Waals surface area contributed by atoms with E-state index in [0.717, 1.165) is 18.5 Å². The third kappa shape index (κ3) is 4.29. The summed E-state index contributed by atoms with van der Waals surface area (Å²) in [6.07, 6.45) is 2.33. The van der Waals surface area contributed by atoms with Gasteiger partial charge in [-0.2, -0.15) is 0 Å². The highest BCUT2D eigenvalue weighted by Crippen LogP contribution is 2.21. The highest BCUT2D eigenvalue weighted by Gasteiger charge is 2.15. The van der Waals surface area contributed by atoms with Gasteiger partial charge in [-0.3, -0.25) is 0 Å². The van der Waals surface area contributed by atoms with E-state index in [4.69, 9.17) is 4.74 Å². The van der Waals surface area contributed by atoms with Gasteiger partial charge in [-0.25, -0.2) is 0 Å². The summed E-state index contributed by atoms with van der Waals surface area (Å²) in [6.45, 7) is 6.23. The molecule has 102 valence electrons. The molecule has 0 spiro atoms. The van der Waals surface area contributed by atoms with Crippen LogP contribution in [0.3, 0.4) is 0 Å². The summed E-state index contributed by atoms with van der Waals surface area (Å²) in [6, 6.07) is 9.39. The minimum absolute atomic E-state index is 0.593. The molecule has 2 nitrogen and oxygen atoms in total. The Morgan fingerprint density at radius 2 is 1.78 bits per heavy atom. The van der Waals surface area contributed by atoms with Crippen LogP contribution in [0.2, 0.25) is 0 Å². The molecular formula is C15H24BrNO. The first-order valence-electron chi connectivity index (χ1n) is 6.67. The summed E-state index contributed by atoms with van der Waals surface area (Å²) in [5.41, 5.74) is 2.61. The first-order valence-corrected chi connectivity index (χ1v) is 7.79. The van der Waals surface area contributed by atoms with Gasteiger partial charge in [-0.15, -0.1) is 0 Å². The third-order valence-electron chi connectivity index (χ3n) is 3.34. The maximum absolute atomic E-state index is 5.23. The first-order chi connectivity index (χ1) is 8.76. The van der Waals surface area contributed by atoms with Crippen LogP contribution in [0.25, 0.3) is 0 Å². The zero-order chi connectivity index (χ0) is 13.4. The van der Waals surface area contributed by atoms with Gasteiger partial charge in [0.2, 0.25) is 0 Å². The van der Waals surface area contributed by atoms with E-state index < -0.39 is 0 Å². The number of halogens is 1. The van der Waals surface area contributed by atoms with Crippen molar-refractivity contribution in [1.29, 1.82) is 0 Å². The SMILES string of the molecule is CCC(CC)N(CCOC)c1ccc(CBr)cc1. The highest BCUT2D eigenvalue weighted by molar-refractivity contribution is 9.08. The standard InChI is InChI=1S/C15H24BrNO/c1-4-14(5-2)17(10-11-18-3)15-8-6-13(12-16)7-9-15/h6-9,14H,4-5,10-12H2,1-3H3. The average Bonchev–Trinajstić information content (AvgIpc) is 2.43. The number of methoxy groups -OCH3 is 1. The number of anilines is 1. The van der Waals surface area contributed by atoms with Gasteiger partial charge in [-0.05, 0) is 30.5 Å². The molecule has 0 atom stereocenters. The van der Waals surface area contributed by atoms with Crippen molar-refractivity contribution in [2.45, 2.75) is 38.1 Å². The Morgan fingerprint density at radius 1 is 1.17 bits per heavy atom. The Balaban J connectivity index is 2.85. The predicted octanol–water partition coefficient (Wildman–Crippen LogP) is 4.22. The molecule has 1 aromatic carbocycles. The fraction of sp³-hybridized carbons (Fsp3) is 0.600. The van der Waals surface area contributed by atoms with Gasteiger partial charge >= 0.3 is 0 Å². The topological polar surface area (TPSA) is 12.5 Å². The molecule has 0 aromatic heterocycles. The molecule has 0 radical (unpaired) electrons. The molecule has 0 aliphatic carbocycles. The molecule has 18 heavy (non-hydrogen) atoms. The van der Waals surface area contributed by atoms with Gasteiger partial charge in [0.1, 0.15) is 0 Å². The molecule has 0 N–H and O–H groups in total. The smallest absolute Gasteiger partial charge is 0.0637 e. The van der Waals surface area contributed by atoms with Crippen molar-refractivity contribution in [2.24, 2.45) is 0 Å². The van der Waals surface area contributed by atoms with Crippen LogP contribution < -0.4 is 4.90 Å². The Bertz CT molecular complexity index is 322. The summed E-state index contributed by atoms with van der Waals surface area (Å²) >= 11 is 3.48. The monoisotopic (exact) mass is 313 g/mol. The van der Waals surface area contributed by atoms with E-state index in [1.54, 1.807) is 7.11 Å². The molecule has 1 rings (SSSR count). The van der Waals surface area contributed by atoms with Crippen LogP contribution in [0.5, 0.6) is 0 Å². The van der Waals surface area contributed by atoms with Gasteiger partial charge in [0.05, 0.1) is 6.61 Å². The summed E-state index contributed by atoms with van der Waals surface area (Å²) in [7, 11) is 1.76. The molecule has 0 saturated heterocycles. The van der Waals surface area contributed by atoms with Gasteiger partial charge in [-0.1, -0.05) is 41.9 Å². The van der Waals surface area contributed by atoms with E-state index in [1.165, 1.54) is 24.1 Å². The van der Waals surface area contributed by atoms with Crippen molar-refractivity contribution in [3.8, 4) is 0 Å². The zero-order valence-corrected chi connectivity index (χ0v) is 13.2. The second-order valence-corrected chi connectivity index (χ2v) is 5.02. The van der Waals surface area contributed by atoms with Crippen LogP contribution >= 0.6 is 15.9 Å². The number of ether oxygens (including phenoxy) is 1. The zero-order valence-electron chi connectivity index (χ0n) is 11.7. The normalized spacial score (nSPS) is 10.9. The van der Waals surface area contributed by atoms with Gasteiger partial charge in [0.25, 0.3) is 0 Å². The minimum atomic E-state index is 0.593. The first kappa shape index (κ1) is 15.5. The largest absolute Gasteiger partial charge is 0.383 e. The summed E-state index contributed by atoms with van der Waals surface area (Å²) in [4.78, 5) is 2.46. The lowest BCUT2D eigenvalue weighted by Crippen LogP contribution is -2.37. The van der Waals surface area contributed by atoms with Gasteiger partial charge < -0.3 is 9.64 Å². The van der Waals surface area contributed by atoms with Crippen LogP contribution in [0.15, 0.2) is 24.3 Å². The summed E-state index contributed by atoms with van der Waals surface area (Å²) < 4.78 is 5.23. The lowest BCUT2D eigenvalue weighted by molar-refractivity contribution is 0.202. The molecule has 0 fully saturated rings. The van der Waals surface area contributed by atoms with E-state index in [-0.39, 0.29) is 0 Å². The Hall–Kier alpha value is -0.540. The third-order valence-corrected chi connectivity index (χ3v) is 3.99. The van der Waals surface area contributed by atoms with Crippen LogP contribution in [0, 0.1) is 0 Å². The molecule has 1 aromatic rings. The Kier molecular flexibility index (Phi) is 7.36. The summed E-state index contributed by atoms with van der Waals surface area (Å²) in [5, 5.41) is 0.913. The number of hydrogen-bond donors (Lipinski definition) is 0. The fourth-order valence-corrected chi connectivity index (χ4v) is 2.59. The van der Waals surface area contributed by atoms with Crippen LogP contribution in [0.4, 0.5) is 5.69 Å². The number of alkyl halides is 1. The second-order valence-electron chi connectivity index (χ2n) is 4.46.